The zero-order valence-corrected chi connectivity index (χ0v) is 16.7. The van der Waals surface area contributed by atoms with Crippen LogP contribution in [0.1, 0.15) is 43.7 Å². The molecule has 144 valence electrons. The van der Waals surface area contributed by atoms with Gasteiger partial charge >= 0.3 is 0 Å². The average molecular weight is 365 g/mol. The summed E-state index contributed by atoms with van der Waals surface area (Å²) in [4.78, 5) is 15.1. The van der Waals surface area contributed by atoms with E-state index in [-0.39, 0.29) is 11.9 Å². The van der Waals surface area contributed by atoms with Crippen LogP contribution in [-0.4, -0.2) is 25.0 Å². The van der Waals surface area contributed by atoms with E-state index in [4.69, 9.17) is 0 Å². The Kier molecular flexibility index (Phi) is 7.05. The smallest absolute Gasteiger partial charge is 0.226 e. The number of anilines is 1. The summed E-state index contributed by atoms with van der Waals surface area (Å²) in [6, 6.07) is 19.1. The number of hydrogen-bond acceptors (Lipinski definition) is 2. The van der Waals surface area contributed by atoms with Crippen molar-refractivity contribution in [2.75, 3.05) is 18.0 Å². The van der Waals surface area contributed by atoms with Crippen molar-refractivity contribution in [3.05, 3.63) is 65.7 Å². The number of rotatable bonds is 7. The lowest BCUT2D eigenvalue weighted by Crippen LogP contribution is -2.49. The topological polar surface area (TPSA) is 32.3 Å². The minimum atomic E-state index is 0.224. The molecule has 0 aromatic heterocycles. The Balaban J connectivity index is 1.88. The molecule has 1 saturated heterocycles. The molecule has 3 heteroatoms. The van der Waals surface area contributed by atoms with E-state index in [1.54, 1.807) is 0 Å². The van der Waals surface area contributed by atoms with Gasteiger partial charge < -0.3 is 10.2 Å². The summed E-state index contributed by atoms with van der Waals surface area (Å²) in [6.45, 7) is 6.24. The summed E-state index contributed by atoms with van der Waals surface area (Å²) in [6.07, 6.45) is 4.92. The highest BCUT2D eigenvalue weighted by Crippen LogP contribution is 2.29. The molecule has 1 amide bonds. The molecule has 1 heterocycles. The summed E-state index contributed by atoms with van der Waals surface area (Å²) in [7, 11) is 0. The van der Waals surface area contributed by atoms with Crippen molar-refractivity contribution in [1.29, 1.82) is 0 Å². The maximum absolute atomic E-state index is 13.0. The molecule has 1 fully saturated rings. The van der Waals surface area contributed by atoms with Crippen molar-refractivity contribution in [3.8, 4) is 0 Å². The fourth-order valence-electron chi connectivity index (χ4n) is 4.26. The Morgan fingerprint density at radius 1 is 1.15 bits per heavy atom. The van der Waals surface area contributed by atoms with Gasteiger partial charge in [-0.3, -0.25) is 4.79 Å². The zero-order chi connectivity index (χ0) is 19.1. The average Bonchev–Trinajstić information content (AvgIpc) is 2.73. The predicted octanol–water partition coefficient (Wildman–Crippen LogP) is 4.74. The van der Waals surface area contributed by atoms with E-state index in [0.717, 1.165) is 31.6 Å². The van der Waals surface area contributed by atoms with Gasteiger partial charge in [-0.05, 0) is 74.9 Å². The molecule has 0 radical (unpaired) electrons. The molecule has 0 aliphatic carbocycles. The molecule has 2 aromatic carbocycles. The van der Waals surface area contributed by atoms with Gasteiger partial charge in [0.25, 0.3) is 0 Å². The van der Waals surface area contributed by atoms with Gasteiger partial charge in [-0.15, -0.1) is 0 Å². The third-order valence-electron chi connectivity index (χ3n) is 5.79. The summed E-state index contributed by atoms with van der Waals surface area (Å²) < 4.78 is 0. The van der Waals surface area contributed by atoms with Crippen LogP contribution in [0.2, 0.25) is 0 Å². The summed E-state index contributed by atoms with van der Waals surface area (Å²) in [5, 5.41) is 3.55. The Hall–Kier alpha value is -2.13. The monoisotopic (exact) mass is 364 g/mol. The van der Waals surface area contributed by atoms with Crippen molar-refractivity contribution in [2.24, 2.45) is 5.92 Å². The predicted molar refractivity (Wildman–Crippen MR) is 113 cm³/mol. The van der Waals surface area contributed by atoms with Gasteiger partial charge in [0.2, 0.25) is 5.91 Å². The fourth-order valence-corrected chi connectivity index (χ4v) is 4.26. The normalized spacial score (nSPS) is 18.1. The molecule has 0 saturated carbocycles. The number of benzene rings is 2. The Bertz CT molecular complexity index is 722. The van der Waals surface area contributed by atoms with Crippen molar-refractivity contribution >= 4 is 11.6 Å². The summed E-state index contributed by atoms with van der Waals surface area (Å²) >= 11 is 0. The van der Waals surface area contributed by atoms with Crippen LogP contribution in [0.5, 0.6) is 0 Å². The number of piperidine rings is 1. The largest absolute Gasteiger partial charge is 0.316 e. The maximum atomic E-state index is 13.0. The number of aryl methyl sites for hydroxylation is 2. The van der Waals surface area contributed by atoms with Crippen LogP contribution in [0, 0.1) is 12.8 Å². The number of para-hydroxylation sites is 1. The molecule has 1 N–H and O–H groups in total. The van der Waals surface area contributed by atoms with Crippen LogP contribution < -0.4 is 10.2 Å². The van der Waals surface area contributed by atoms with E-state index in [1.807, 2.05) is 25.1 Å². The van der Waals surface area contributed by atoms with Crippen molar-refractivity contribution < 1.29 is 4.79 Å². The number of carbonyl (C=O) groups excluding carboxylic acids is 1. The second-order valence-electron chi connectivity index (χ2n) is 7.59. The highest BCUT2D eigenvalue weighted by Gasteiger charge is 2.32. The van der Waals surface area contributed by atoms with Gasteiger partial charge in [0.05, 0.1) is 0 Å². The molecule has 1 aliphatic heterocycles. The van der Waals surface area contributed by atoms with Gasteiger partial charge in [-0.2, -0.15) is 0 Å². The van der Waals surface area contributed by atoms with Gasteiger partial charge in [0.1, 0.15) is 0 Å². The number of nitrogens with one attached hydrogen (secondary N) is 1. The van der Waals surface area contributed by atoms with E-state index in [0.29, 0.717) is 12.3 Å². The molecule has 0 bridgehead atoms. The van der Waals surface area contributed by atoms with E-state index < -0.39 is 0 Å². The van der Waals surface area contributed by atoms with Crippen LogP contribution in [0.4, 0.5) is 5.69 Å². The van der Waals surface area contributed by atoms with E-state index >= 15 is 0 Å². The lowest BCUT2D eigenvalue weighted by atomic mass is 9.86. The van der Waals surface area contributed by atoms with E-state index in [2.05, 4.69) is 53.5 Å². The molecule has 2 unspecified atom stereocenters. The third kappa shape index (κ3) is 4.98. The number of hydrogen-bond donors (Lipinski definition) is 1. The van der Waals surface area contributed by atoms with E-state index in [1.165, 1.54) is 24.0 Å². The Morgan fingerprint density at radius 2 is 1.89 bits per heavy atom. The third-order valence-corrected chi connectivity index (χ3v) is 5.79. The van der Waals surface area contributed by atoms with Crippen LogP contribution in [0.25, 0.3) is 0 Å². The first kappa shape index (κ1) is 19.6. The van der Waals surface area contributed by atoms with Gasteiger partial charge in [-0.25, -0.2) is 0 Å². The lowest BCUT2D eigenvalue weighted by molar-refractivity contribution is -0.119. The molecule has 2 aromatic rings. The van der Waals surface area contributed by atoms with Crippen molar-refractivity contribution in [2.45, 2.75) is 52.0 Å². The van der Waals surface area contributed by atoms with Crippen LogP contribution in [-0.2, 0) is 11.2 Å². The second-order valence-corrected chi connectivity index (χ2v) is 7.59. The van der Waals surface area contributed by atoms with Crippen LogP contribution in [0.3, 0.4) is 0 Å². The number of nitrogens with zero attached hydrogens (tertiary/aromatic N) is 1. The molecule has 3 rings (SSSR count). The summed E-state index contributed by atoms with van der Waals surface area (Å²) in [5.41, 5.74) is 3.76. The van der Waals surface area contributed by atoms with E-state index in [9.17, 15) is 4.79 Å². The Labute approximate surface area is 163 Å². The lowest BCUT2D eigenvalue weighted by Gasteiger charge is -2.39. The molecular weight excluding hydrogens is 332 g/mol. The first-order chi connectivity index (χ1) is 13.2. The van der Waals surface area contributed by atoms with Crippen molar-refractivity contribution in [1.82, 2.24) is 5.32 Å². The second kappa shape index (κ2) is 9.70. The standard InChI is InChI=1S/C24H32N2O/c1-3-24(27)26(22-13-5-4-6-14-22)23(21-12-9-17-25-18-21)16-15-20-11-8-7-10-19(20)2/h4-8,10-11,13-14,21,23,25H,3,9,12,15-18H2,1-2H3. The molecule has 2 atom stereocenters. The van der Waals surface area contributed by atoms with Gasteiger partial charge in [0.15, 0.2) is 0 Å². The molecule has 27 heavy (non-hydrogen) atoms. The first-order valence-electron chi connectivity index (χ1n) is 10.3. The van der Waals surface area contributed by atoms with Crippen LogP contribution >= 0.6 is 0 Å². The Morgan fingerprint density at radius 3 is 2.56 bits per heavy atom. The van der Waals surface area contributed by atoms with Gasteiger partial charge in [-0.1, -0.05) is 49.4 Å². The molecule has 0 spiro atoms. The SMILES string of the molecule is CCC(=O)N(c1ccccc1)C(CCc1ccccc1C)C1CCCNC1. The fraction of sp³-hybridized carbons (Fsp3) is 0.458. The molecule has 3 nitrogen and oxygen atoms in total. The van der Waals surface area contributed by atoms with Crippen LogP contribution in [0.15, 0.2) is 54.6 Å². The van der Waals surface area contributed by atoms with Gasteiger partial charge in [0, 0.05) is 18.2 Å². The number of carbonyl (C=O) groups is 1. The molecule has 1 aliphatic rings. The highest BCUT2D eigenvalue weighted by molar-refractivity contribution is 5.93. The maximum Gasteiger partial charge on any atom is 0.226 e. The minimum absolute atomic E-state index is 0.224. The quantitative estimate of drug-likeness (QED) is 0.770. The molecular formula is C24H32N2O. The first-order valence-corrected chi connectivity index (χ1v) is 10.3. The summed E-state index contributed by atoms with van der Waals surface area (Å²) in [5.74, 6) is 0.722. The minimum Gasteiger partial charge on any atom is -0.316 e. The number of amides is 1. The zero-order valence-electron chi connectivity index (χ0n) is 16.7. The highest BCUT2D eigenvalue weighted by atomic mass is 16.2. The van der Waals surface area contributed by atoms with Crippen molar-refractivity contribution in [3.63, 3.8) is 0 Å².